The molecule has 2 amide bonds. The SMILES string of the molecule is CCOC(=O)Cn1cc(C(=O)C(=O)N2CCc3ccccc3C2)c2cc(NC(=O)c3ccc(F)c(C)c3)ccc21. The maximum atomic E-state index is 13.7. The zero-order chi connectivity index (χ0) is 28.4. The molecular formula is C31H28FN3O5. The van der Waals surface area contributed by atoms with E-state index in [0.29, 0.717) is 41.7 Å². The van der Waals surface area contributed by atoms with E-state index < -0.39 is 29.4 Å². The van der Waals surface area contributed by atoms with E-state index in [0.717, 1.165) is 11.1 Å². The molecule has 0 fully saturated rings. The number of fused-ring (bicyclic) bond motifs is 2. The predicted octanol–water partition coefficient (Wildman–Crippen LogP) is 4.67. The Kier molecular flexibility index (Phi) is 7.46. The van der Waals surface area contributed by atoms with Crippen LogP contribution in [0.4, 0.5) is 10.1 Å². The summed E-state index contributed by atoms with van der Waals surface area (Å²) in [6, 6.07) is 16.8. The van der Waals surface area contributed by atoms with Gasteiger partial charge in [-0.05, 0) is 73.4 Å². The lowest BCUT2D eigenvalue weighted by atomic mass is 9.99. The number of ether oxygens (including phenoxy) is 1. The van der Waals surface area contributed by atoms with Gasteiger partial charge in [0.25, 0.3) is 17.6 Å². The number of benzene rings is 3. The lowest BCUT2D eigenvalue weighted by Crippen LogP contribution is -2.40. The number of aromatic nitrogens is 1. The summed E-state index contributed by atoms with van der Waals surface area (Å²) in [6.45, 7) is 4.08. The highest BCUT2D eigenvalue weighted by Crippen LogP contribution is 2.28. The van der Waals surface area contributed by atoms with Crippen molar-refractivity contribution in [3.63, 3.8) is 0 Å². The predicted molar refractivity (Wildman–Crippen MR) is 148 cm³/mol. The van der Waals surface area contributed by atoms with Crippen LogP contribution in [0.15, 0.2) is 66.9 Å². The minimum atomic E-state index is -0.704. The van der Waals surface area contributed by atoms with Crippen LogP contribution in [-0.2, 0) is 33.8 Å². The summed E-state index contributed by atoms with van der Waals surface area (Å²) in [5.41, 5.74) is 3.80. The molecule has 0 bridgehead atoms. The molecule has 1 aliphatic heterocycles. The molecular weight excluding hydrogens is 513 g/mol. The standard InChI is InChI=1S/C31H28FN3O5/c1-3-40-28(36)18-35-17-25(29(37)31(39)34-13-12-20-6-4-5-7-22(20)16-34)24-15-23(9-11-27(24)35)33-30(38)21-8-10-26(32)19(2)14-21/h4-11,14-15,17H,3,12-13,16,18H2,1-2H3,(H,33,38). The number of ketones is 1. The highest BCUT2D eigenvalue weighted by molar-refractivity contribution is 6.45. The van der Waals surface area contributed by atoms with Crippen LogP contribution in [0, 0.1) is 12.7 Å². The molecule has 1 aromatic heterocycles. The number of aryl methyl sites for hydroxylation is 1. The molecule has 0 aliphatic carbocycles. The van der Waals surface area contributed by atoms with Crippen molar-refractivity contribution in [2.45, 2.75) is 33.4 Å². The Hall–Kier alpha value is -4.79. The third kappa shape index (κ3) is 5.36. The fourth-order valence-electron chi connectivity index (χ4n) is 4.95. The second kappa shape index (κ2) is 11.1. The zero-order valence-corrected chi connectivity index (χ0v) is 22.2. The summed E-state index contributed by atoms with van der Waals surface area (Å²) in [4.78, 5) is 53.6. The zero-order valence-electron chi connectivity index (χ0n) is 22.2. The number of esters is 1. The molecule has 8 nitrogen and oxygen atoms in total. The number of Topliss-reactive ketones (excluding diaryl/α,β-unsaturated/α-hetero) is 1. The molecule has 0 unspecified atom stereocenters. The van der Waals surface area contributed by atoms with Crippen molar-refractivity contribution in [3.8, 4) is 0 Å². The van der Waals surface area contributed by atoms with E-state index in [1.165, 1.54) is 29.3 Å². The molecule has 4 aromatic rings. The van der Waals surface area contributed by atoms with Crippen LogP contribution in [0.25, 0.3) is 10.9 Å². The first kappa shape index (κ1) is 26.8. The quantitative estimate of drug-likeness (QED) is 0.208. The van der Waals surface area contributed by atoms with Crippen LogP contribution in [0.3, 0.4) is 0 Å². The summed E-state index contributed by atoms with van der Waals surface area (Å²) in [5, 5.41) is 3.18. The van der Waals surface area contributed by atoms with Crippen molar-refractivity contribution in [1.82, 2.24) is 9.47 Å². The van der Waals surface area contributed by atoms with Crippen LogP contribution >= 0.6 is 0 Å². The maximum absolute atomic E-state index is 13.7. The fraction of sp³-hybridized carbons (Fsp3) is 0.226. The number of hydrogen-bond acceptors (Lipinski definition) is 5. The lowest BCUT2D eigenvalue weighted by molar-refractivity contribution is -0.143. The van der Waals surface area contributed by atoms with Gasteiger partial charge in [-0.25, -0.2) is 4.39 Å². The maximum Gasteiger partial charge on any atom is 0.325 e. The minimum absolute atomic E-state index is 0.122. The van der Waals surface area contributed by atoms with Gasteiger partial charge in [0.05, 0.1) is 12.2 Å². The average molecular weight is 542 g/mol. The summed E-state index contributed by atoms with van der Waals surface area (Å²) < 4.78 is 20.3. The van der Waals surface area contributed by atoms with Crippen LogP contribution < -0.4 is 5.32 Å². The molecule has 40 heavy (non-hydrogen) atoms. The summed E-state index contributed by atoms with van der Waals surface area (Å²) >= 11 is 0. The molecule has 0 saturated carbocycles. The van der Waals surface area contributed by atoms with Gasteiger partial charge in [-0.2, -0.15) is 0 Å². The summed E-state index contributed by atoms with van der Waals surface area (Å²) in [6.07, 6.45) is 2.13. The molecule has 5 rings (SSSR count). The Labute approximate surface area is 230 Å². The smallest absolute Gasteiger partial charge is 0.325 e. The molecule has 204 valence electrons. The fourth-order valence-corrected chi connectivity index (χ4v) is 4.95. The number of rotatable bonds is 7. The van der Waals surface area contributed by atoms with Gasteiger partial charge in [-0.3, -0.25) is 19.2 Å². The summed E-state index contributed by atoms with van der Waals surface area (Å²) in [5.74, 6) is -2.69. The molecule has 0 spiro atoms. The van der Waals surface area contributed by atoms with Crippen molar-refractivity contribution in [2.75, 3.05) is 18.5 Å². The third-order valence-corrected chi connectivity index (χ3v) is 7.02. The molecule has 1 N–H and O–H groups in total. The second-order valence-corrected chi connectivity index (χ2v) is 9.70. The Bertz CT molecular complexity index is 1660. The van der Waals surface area contributed by atoms with Gasteiger partial charge >= 0.3 is 5.97 Å². The average Bonchev–Trinajstić information content (AvgIpc) is 3.30. The molecule has 9 heteroatoms. The number of nitrogens with one attached hydrogen (secondary N) is 1. The second-order valence-electron chi connectivity index (χ2n) is 9.70. The molecule has 3 aromatic carbocycles. The number of hydrogen-bond donors (Lipinski definition) is 1. The van der Waals surface area contributed by atoms with Gasteiger partial charge in [0, 0.05) is 41.4 Å². The Morgan fingerprint density at radius 3 is 2.52 bits per heavy atom. The molecule has 2 heterocycles. The molecule has 0 atom stereocenters. The van der Waals surface area contributed by atoms with E-state index in [4.69, 9.17) is 4.74 Å². The first-order valence-electron chi connectivity index (χ1n) is 13.0. The lowest BCUT2D eigenvalue weighted by Gasteiger charge is -2.28. The van der Waals surface area contributed by atoms with Crippen molar-refractivity contribution < 1.29 is 28.3 Å². The van der Waals surface area contributed by atoms with Gasteiger partial charge in [0.2, 0.25) is 0 Å². The highest BCUT2D eigenvalue weighted by atomic mass is 19.1. The van der Waals surface area contributed by atoms with Crippen LogP contribution in [0.1, 0.15) is 44.3 Å². The topological polar surface area (TPSA) is 97.7 Å². The van der Waals surface area contributed by atoms with E-state index in [9.17, 15) is 23.6 Å². The molecule has 0 radical (unpaired) electrons. The Balaban J connectivity index is 1.47. The van der Waals surface area contributed by atoms with Gasteiger partial charge in [0.1, 0.15) is 12.4 Å². The van der Waals surface area contributed by atoms with Gasteiger partial charge < -0.3 is 19.5 Å². The number of carbonyl (C=O) groups is 4. The molecule has 0 saturated heterocycles. The number of carbonyl (C=O) groups excluding carboxylic acids is 4. The number of halogens is 1. The van der Waals surface area contributed by atoms with Crippen molar-refractivity contribution in [3.05, 3.63) is 100 Å². The van der Waals surface area contributed by atoms with Gasteiger partial charge in [0.15, 0.2) is 0 Å². The minimum Gasteiger partial charge on any atom is -0.465 e. The number of anilines is 1. The highest BCUT2D eigenvalue weighted by Gasteiger charge is 2.29. The normalized spacial score (nSPS) is 12.6. The number of nitrogens with zero attached hydrogens (tertiary/aromatic N) is 2. The van der Waals surface area contributed by atoms with E-state index in [-0.39, 0.29) is 24.3 Å². The van der Waals surface area contributed by atoms with Crippen LogP contribution in [-0.4, -0.2) is 46.2 Å². The van der Waals surface area contributed by atoms with E-state index in [1.807, 2.05) is 24.3 Å². The van der Waals surface area contributed by atoms with Crippen LogP contribution in [0.2, 0.25) is 0 Å². The first-order valence-corrected chi connectivity index (χ1v) is 13.0. The van der Waals surface area contributed by atoms with Gasteiger partial charge in [-0.1, -0.05) is 24.3 Å². The Morgan fingerprint density at radius 1 is 1.00 bits per heavy atom. The van der Waals surface area contributed by atoms with Crippen molar-refractivity contribution in [1.29, 1.82) is 0 Å². The van der Waals surface area contributed by atoms with Gasteiger partial charge in [-0.15, -0.1) is 0 Å². The monoisotopic (exact) mass is 541 g/mol. The van der Waals surface area contributed by atoms with E-state index >= 15 is 0 Å². The number of amides is 2. The Morgan fingerprint density at radius 2 is 1.77 bits per heavy atom. The largest absolute Gasteiger partial charge is 0.465 e. The first-order chi connectivity index (χ1) is 19.2. The summed E-state index contributed by atoms with van der Waals surface area (Å²) in [7, 11) is 0. The van der Waals surface area contributed by atoms with Crippen molar-refractivity contribution in [2.24, 2.45) is 0 Å². The third-order valence-electron chi connectivity index (χ3n) is 7.02. The van der Waals surface area contributed by atoms with Crippen molar-refractivity contribution >= 4 is 40.2 Å². The van der Waals surface area contributed by atoms with E-state index in [2.05, 4.69) is 5.32 Å². The molecule has 1 aliphatic rings. The van der Waals surface area contributed by atoms with Crippen LogP contribution in [0.5, 0.6) is 0 Å². The van der Waals surface area contributed by atoms with E-state index in [1.54, 1.807) is 36.6 Å².